The van der Waals surface area contributed by atoms with Crippen LogP contribution in [-0.2, 0) is 11.3 Å². The van der Waals surface area contributed by atoms with Crippen molar-refractivity contribution < 1.29 is 14.3 Å². The molecule has 2 rings (SSSR count). The van der Waals surface area contributed by atoms with Crippen molar-refractivity contribution in [1.29, 1.82) is 0 Å². The number of ether oxygens (including phenoxy) is 2. The summed E-state index contributed by atoms with van der Waals surface area (Å²) in [6, 6.07) is 13.5. The van der Waals surface area contributed by atoms with Gasteiger partial charge < -0.3 is 20.1 Å². The Labute approximate surface area is 136 Å². The molecule has 5 nitrogen and oxygen atoms in total. The second-order valence-electron chi connectivity index (χ2n) is 5.03. The molecule has 1 amide bonds. The lowest BCUT2D eigenvalue weighted by Crippen LogP contribution is -2.06. The van der Waals surface area contributed by atoms with Gasteiger partial charge in [-0.15, -0.1) is 0 Å². The molecule has 0 aliphatic heterocycles. The molecular formula is C18H22N2O3. The lowest BCUT2D eigenvalue weighted by Gasteiger charge is -2.12. The lowest BCUT2D eigenvalue weighted by atomic mass is 10.2. The van der Waals surface area contributed by atoms with Gasteiger partial charge in [0.05, 0.1) is 13.7 Å². The molecule has 0 aliphatic rings. The van der Waals surface area contributed by atoms with Gasteiger partial charge >= 0.3 is 0 Å². The number of methoxy groups -OCH3 is 1. The summed E-state index contributed by atoms with van der Waals surface area (Å²) in [6.07, 6.45) is 0. The van der Waals surface area contributed by atoms with E-state index in [1.165, 1.54) is 6.92 Å². The average molecular weight is 314 g/mol. The average Bonchev–Trinajstić information content (AvgIpc) is 2.54. The van der Waals surface area contributed by atoms with Crippen LogP contribution in [-0.4, -0.2) is 19.6 Å². The van der Waals surface area contributed by atoms with Crippen molar-refractivity contribution in [3.8, 4) is 11.5 Å². The number of carbonyl (C=O) groups is 1. The Morgan fingerprint density at radius 2 is 1.74 bits per heavy atom. The van der Waals surface area contributed by atoms with Gasteiger partial charge in [0.15, 0.2) is 11.5 Å². The summed E-state index contributed by atoms with van der Waals surface area (Å²) in [5.41, 5.74) is 2.86. The highest BCUT2D eigenvalue weighted by atomic mass is 16.5. The number of anilines is 2. The fraction of sp³-hybridized carbons (Fsp3) is 0.278. The Morgan fingerprint density at radius 1 is 1.04 bits per heavy atom. The molecule has 0 saturated heterocycles. The summed E-state index contributed by atoms with van der Waals surface area (Å²) < 4.78 is 10.9. The molecule has 0 radical (unpaired) electrons. The molecule has 2 aromatic rings. The van der Waals surface area contributed by atoms with E-state index in [1.54, 1.807) is 7.11 Å². The highest BCUT2D eigenvalue weighted by Crippen LogP contribution is 2.28. The third-order valence-corrected chi connectivity index (χ3v) is 3.23. The standard InChI is InChI=1S/C18H22N2O3/c1-4-23-18-11-14(5-10-17(18)22-3)12-19-15-6-8-16(9-7-15)20-13(2)21/h5-11,19H,4,12H2,1-3H3,(H,20,21). The second-order valence-corrected chi connectivity index (χ2v) is 5.03. The molecule has 0 bridgehead atoms. The number of carbonyl (C=O) groups excluding carboxylic acids is 1. The zero-order valence-electron chi connectivity index (χ0n) is 13.7. The molecule has 23 heavy (non-hydrogen) atoms. The van der Waals surface area contributed by atoms with Crippen molar-refractivity contribution in [2.45, 2.75) is 20.4 Å². The van der Waals surface area contributed by atoms with Crippen molar-refractivity contribution in [2.24, 2.45) is 0 Å². The summed E-state index contributed by atoms with van der Waals surface area (Å²) in [5, 5.41) is 6.08. The molecule has 0 atom stereocenters. The van der Waals surface area contributed by atoms with Crippen molar-refractivity contribution in [3.05, 3.63) is 48.0 Å². The highest BCUT2D eigenvalue weighted by Gasteiger charge is 2.05. The molecule has 0 saturated carbocycles. The third-order valence-electron chi connectivity index (χ3n) is 3.23. The van der Waals surface area contributed by atoms with Crippen LogP contribution in [0, 0.1) is 0 Å². The molecule has 0 fully saturated rings. The summed E-state index contributed by atoms with van der Waals surface area (Å²) >= 11 is 0. The van der Waals surface area contributed by atoms with Crippen molar-refractivity contribution in [3.63, 3.8) is 0 Å². The van der Waals surface area contributed by atoms with Crippen molar-refractivity contribution in [1.82, 2.24) is 0 Å². The molecule has 0 aliphatic carbocycles. The molecule has 2 N–H and O–H groups in total. The normalized spacial score (nSPS) is 10.0. The van der Waals surface area contributed by atoms with Gasteiger partial charge in [-0.2, -0.15) is 0 Å². The smallest absolute Gasteiger partial charge is 0.221 e. The Hall–Kier alpha value is -2.69. The molecule has 2 aromatic carbocycles. The quantitative estimate of drug-likeness (QED) is 0.819. The van der Waals surface area contributed by atoms with Crippen LogP contribution in [0.5, 0.6) is 11.5 Å². The third kappa shape index (κ3) is 4.92. The van der Waals surface area contributed by atoms with E-state index in [4.69, 9.17) is 9.47 Å². The van der Waals surface area contributed by atoms with Crippen LogP contribution in [0.3, 0.4) is 0 Å². The van der Waals surface area contributed by atoms with E-state index in [0.717, 1.165) is 28.4 Å². The Bertz CT molecular complexity index is 654. The van der Waals surface area contributed by atoms with E-state index in [-0.39, 0.29) is 5.91 Å². The summed E-state index contributed by atoms with van der Waals surface area (Å²) in [7, 11) is 1.63. The van der Waals surface area contributed by atoms with Gasteiger partial charge in [-0.05, 0) is 48.9 Å². The first-order valence-electron chi connectivity index (χ1n) is 7.53. The van der Waals surface area contributed by atoms with E-state index in [2.05, 4.69) is 10.6 Å². The SMILES string of the molecule is CCOc1cc(CNc2ccc(NC(C)=O)cc2)ccc1OC. The summed E-state index contributed by atoms with van der Waals surface area (Å²) in [6.45, 7) is 4.70. The number of amides is 1. The van der Waals surface area contributed by atoms with E-state index < -0.39 is 0 Å². The van der Waals surface area contributed by atoms with Gasteiger partial charge in [0.25, 0.3) is 0 Å². The number of hydrogen-bond donors (Lipinski definition) is 2. The van der Waals surface area contributed by atoms with E-state index in [0.29, 0.717) is 13.2 Å². The number of rotatable bonds is 7. The van der Waals surface area contributed by atoms with E-state index >= 15 is 0 Å². The Kier molecular flexibility index (Phi) is 5.86. The van der Waals surface area contributed by atoms with Crippen LogP contribution in [0.2, 0.25) is 0 Å². The van der Waals surface area contributed by atoms with Crippen LogP contribution in [0.4, 0.5) is 11.4 Å². The van der Waals surface area contributed by atoms with Crippen molar-refractivity contribution >= 4 is 17.3 Å². The summed E-state index contributed by atoms with van der Waals surface area (Å²) in [4.78, 5) is 11.0. The zero-order valence-corrected chi connectivity index (χ0v) is 13.7. The van der Waals surface area contributed by atoms with Gasteiger partial charge in [0, 0.05) is 24.8 Å². The minimum atomic E-state index is -0.0765. The highest BCUT2D eigenvalue weighted by molar-refractivity contribution is 5.88. The maximum atomic E-state index is 11.0. The first-order valence-corrected chi connectivity index (χ1v) is 7.53. The van der Waals surface area contributed by atoms with Gasteiger partial charge in [-0.25, -0.2) is 0 Å². The van der Waals surface area contributed by atoms with E-state index in [1.807, 2.05) is 49.4 Å². The van der Waals surface area contributed by atoms with Crippen LogP contribution < -0.4 is 20.1 Å². The first kappa shape index (κ1) is 16.7. The van der Waals surface area contributed by atoms with Crippen molar-refractivity contribution in [2.75, 3.05) is 24.4 Å². The molecule has 0 heterocycles. The Morgan fingerprint density at radius 3 is 2.35 bits per heavy atom. The molecule has 0 aromatic heterocycles. The predicted octanol–water partition coefficient (Wildman–Crippen LogP) is 3.66. The lowest BCUT2D eigenvalue weighted by molar-refractivity contribution is -0.114. The zero-order chi connectivity index (χ0) is 16.7. The van der Waals surface area contributed by atoms with Crippen LogP contribution in [0.25, 0.3) is 0 Å². The largest absolute Gasteiger partial charge is 0.493 e. The molecule has 122 valence electrons. The second kappa shape index (κ2) is 8.08. The minimum absolute atomic E-state index is 0.0765. The van der Waals surface area contributed by atoms with Crippen LogP contribution in [0.1, 0.15) is 19.4 Å². The minimum Gasteiger partial charge on any atom is -0.493 e. The maximum Gasteiger partial charge on any atom is 0.221 e. The molecule has 5 heteroatoms. The first-order chi connectivity index (χ1) is 11.1. The topological polar surface area (TPSA) is 59.6 Å². The van der Waals surface area contributed by atoms with Gasteiger partial charge in [0.2, 0.25) is 5.91 Å². The molecule has 0 unspecified atom stereocenters. The summed E-state index contributed by atoms with van der Waals surface area (Å²) in [5.74, 6) is 1.40. The Balaban J connectivity index is 2.00. The van der Waals surface area contributed by atoms with Crippen LogP contribution >= 0.6 is 0 Å². The number of benzene rings is 2. The predicted molar refractivity (Wildman–Crippen MR) is 92.2 cm³/mol. The van der Waals surface area contributed by atoms with E-state index in [9.17, 15) is 4.79 Å². The van der Waals surface area contributed by atoms with Gasteiger partial charge in [-0.1, -0.05) is 6.07 Å². The van der Waals surface area contributed by atoms with Crippen LogP contribution in [0.15, 0.2) is 42.5 Å². The monoisotopic (exact) mass is 314 g/mol. The maximum absolute atomic E-state index is 11.0. The molecular weight excluding hydrogens is 292 g/mol. The fourth-order valence-electron chi connectivity index (χ4n) is 2.18. The number of nitrogens with one attached hydrogen (secondary N) is 2. The van der Waals surface area contributed by atoms with Gasteiger partial charge in [0.1, 0.15) is 0 Å². The van der Waals surface area contributed by atoms with Gasteiger partial charge in [-0.3, -0.25) is 4.79 Å². The fourth-order valence-corrected chi connectivity index (χ4v) is 2.18. The molecule has 0 spiro atoms. The number of hydrogen-bond acceptors (Lipinski definition) is 4.